The number of likely N-dealkylation sites (N-methyl/N-ethyl adjacent to an activating group) is 1. The number of phenolic OH excluding ortho intramolecular Hbond substituents is 1. The molecule has 140 valence electrons. The number of nitrogens with zero attached hydrogens (tertiary/aromatic N) is 3. The Bertz CT molecular complexity index is 980. The number of nitrogen functional groups attached to an aromatic ring is 1. The van der Waals surface area contributed by atoms with E-state index >= 15 is 0 Å². The van der Waals surface area contributed by atoms with Crippen LogP contribution in [0.4, 0.5) is 10.7 Å². The molecule has 0 spiro atoms. The monoisotopic (exact) mass is 450 g/mol. The van der Waals surface area contributed by atoms with Gasteiger partial charge < -0.3 is 15.6 Å². The van der Waals surface area contributed by atoms with Crippen LogP contribution < -0.4 is 10.5 Å². The Morgan fingerprint density at radius 1 is 1.41 bits per heavy atom. The average molecular weight is 451 g/mol. The first-order valence-electron chi connectivity index (χ1n) is 7.71. The predicted molar refractivity (Wildman–Crippen MR) is 105 cm³/mol. The summed E-state index contributed by atoms with van der Waals surface area (Å²) in [4.78, 5) is 33.0. The Morgan fingerprint density at radius 2 is 2.15 bits per heavy atom. The highest BCUT2D eigenvalue weighted by Gasteiger charge is 2.32. The number of rotatable bonds is 4. The van der Waals surface area contributed by atoms with Gasteiger partial charge in [0.25, 0.3) is 11.1 Å². The molecule has 1 aromatic heterocycles. The van der Waals surface area contributed by atoms with Gasteiger partial charge in [-0.3, -0.25) is 14.5 Å². The van der Waals surface area contributed by atoms with Crippen molar-refractivity contribution in [3.63, 3.8) is 0 Å². The largest absolute Gasteiger partial charge is 0.504 e. The van der Waals surface area contributed by atoms with Gasteiger partial charge in [-0.1, -0.05) is 15.9 Å². The molecule has 27 heavy (non-hydrogen) atoms. The first kappa shape index (κ1) is 19.2. The van der Waals surface area contributed by atoms with Gasteiger partial charge in [-0.2, -0.15) is 0 Å². The SMILES string of the molecule is Cc1nc(N)ncc1COc1cc(/C=C2\SC(=O)N(C)C2=O)c(Br)cc1O. The molecule has 10 heteroatoms. The number of imide groups is 1. The molecule has 1 fully saturated rings. The molecule has 2 aromatic rings. The molecule has 0 unspecified atom stereocenters. The minimum absolute atomic E-state index is 0.0726. The van der Waals surface area contributed by atoms with E-state index < -0.39 is 0 Å². The second-order valence-corrected chi connectivity index (χ2v) is 7.56. The van der Waals surface area contributed by atoms with Gasteiger partial charge in [-0.25, -0.2) is 9.97 Å². The fraction of sp³-hybridized carbons (Fsp3) is 0.176. The van der Waals surface area contributed by atoms with Crippen LogP contribution in [0.5, 0.6) is 11.5 Å². The van der Waals surface area contributed by atoms with Gasteiger partial charge in [0.05, 0.1) is 4.91 Å². The van der Waals surface area contributed by atoms with Crippen LogP contribution in [0.25, 0.3) is 6.08 Å². The topological polar surface area (TPSA) is 119 Å². The third-order valence-corrected chi connectivity index (χ3v) is 5.48. The van der Waals surface area contributed by atoms with Gasteiger partial charge in [-0.05, 0) is 42.5 Å². The zero-order valence-electron chi connectivity index (χ0n) is 14.4. The summed E-state index contributed by atoms with van der Waals surface area (Å²) >= 11 is 4.20. The number of aryl methyl sites for hydroxylation is 1. The van der Waals surface area contributed by atoms with Crippen LogP contribution in [0.3, 0.4) is 0 Å². The first-order chi connectivity index (χ1) is 12.8. The number of amides is 2. The van der Waals surface area contributed by atoms with Crippen molar-refractivity contribution < 1.29 is 19.4 Å². The third-order valence-electron chi connectivity index (χ3n) is 3.83. The van der Waals surface area contributed by atoms with Crippen molar-refractivity contribution >= 4 is 50.9 Å². The first-order valence-corrected chi connectivity index (χ1v) is 9.32. The van der Waals surface area contributed by atoms with Crippen LogP contribution in [0, 0.1) is 6.92 Å². The quantitative estimate of drug-likeness (QED) is 0.681. The Kier molecular flexibility index (Phi) is 5.38. The molecular weight excluding hydrogens is 436 g/mol. The second-order valence-electron chi connectivity index (χ2n) is 5.71. The van der Waals surface area contributed by atoms with Crippen molar-refractivity contribution in [2.45, 2.75) is 13.5 Å². The maximum atomic E-state index is 12.1. The lowest BCUT2D eigenvalue weighted by Gasteiger charge is -2.11. The number of benzene rings is 1. The van der Waals surface area contributed by atoms with Crippen LogP contribution >= 0.6 is 27.7 Å². The molecular formula is C17H15BrN4O4S. The number of phenols is 1. The number of hydrogen-bond acceptors (Lipinski definition) is 8. The smallest absolute Gasteiger partial charge is 0.293 e. The van der Waals surface area contributed by atoms with Crippen LogP contribution in [0.15, 0.2) is 27.7 Å². The normalized spacial score (nSPS) is 15.7. The number of halogens is 1. The van der Waals surface area contributed by atoms with E-state index in [-0.39, 0.29) is 35.2 Å². The molecule has 0 bridgehead atoms. The van der Waals surface area contributed by atoms with Crippen LogP contribution in [-0.4, -0.2) is 38.2 Å². The van der Waals surface area contributed by atoms with Crippen molar-refractivity contribution in [1.29, 1.82) is 0 Å². The Balaban J connectivity index is 1.86. The van der Waals surface area contributed by atoms with E-state index in [0.29, 0.717) is 20.6 Å². The number of carbonyl (C=O) groups excluding carboxylic acids is 2. The van der Waals surface area contributed by atoms with Gasteiger partial charge in [-0.15, -0.1) is 0 Å². The second kappa shape index (κ2) is 7.57. The minimum atomic E-state index is -0.373. The predicted octanol–water partition coefficient (Wildman–Crippen LogP) is 3.08. The minimum Gasteiger partial charge on any atom is -0.504 e. The molecule has 0 radical (unpaired) electrons. The van der Waals surface area contributed by atoms with Gasteiger partial charge in [0.1, 0.15) is 6.61 Å². The number of anilines is 1. The molecule has 1 aliphatic heterocycles. The highest BCUT2D eigenvalue weighted by Crippen LogP contribution is 2.37. The van der Waals surface area contributed by atoms with Crippen LogP contribution in [-0.2, 0) is 11.4 Å². The van der Waals surface area contributed by atoms with Crippen molar-refractivity contribution in [3.05, 3.63) is 44.5 Å². The summed E-state index contributed by atoms with van der Waals surface area (Å²) in [6.07, 6.45) is 3.13. The summed E-state index contributed by atoms with van der Waals surface area (Å²) in [7, 11) is 1.43. The number of ether oxygens (including phenoxy) is 1. The van der Waals surface area contributed by atoms with E-state index in [0.717, 1.165) is 22.2 Å². The van der Waals surface area contributed by atoms with Gasteiger partial charge >= 0.3 is 0 Å². The highest BCUT2D eigenvalue weighted by atomic mass is 79.9. The van der Waals surface area contributed by atoms with Crippen LogP contribution in [0.1, 0.15) is 16.8 Å². The fourth-order valence-electron chi connectivity index (χ4n) is 2.28. The molecule has 2 heterocycles. The summed E-state index contributed by atoms with van der Waals surface area (Å²) in [6.45, 7) is 1.91. The number of aromatic nitrogens is 2. The Hall–Kier alpha value is -2.59. The zero-order chi connectivity index (χ0) is 19.7. The van der Waals surface area contributed by atoms with Gasteiger partial charge in [0.2, 0.25) is 5.95 Å². The number of hydrogen-bond donors (Lipinski definition) is 2. The molecule has 0 atom stereocenters. The lowest BCUT2D eigenvalue weighted by atomic mass is 10.2. The summed E-state index contributed by atoms with van der Waals surface area (Å²) in [6, 6.07) is 3.04. The average Bonchev–Trinajstić information content (AvgIpc) is 2.84. The van der Waals surface area contributed by atoms with Crippen LogP contribution in [0.2, 0.25) is 0 Å². The molecule has 2 amide bonds. The summed E-state index contributed by atoms with van der Waals surface area (Å²) in [5.41, 5.74) is 7.52. The molecule has 0 aliphatic carbocycles. The van der Waals surface area contributed by atoms with E-state index in [1.165, 1.54) is 13.1 Å². The molecule has 1 aliphatic rings. The molecule has 1 aromatic carbocycles. The number of nitrogens with two attached hydrogens (primary N) is 1. The van der Waals surface area contributed by atoms with Crippen molar-refractivity contribution in [2.24, 2.45) is 0 Å². The molecule has 3 N–H and O–H groups in total. The van der Waals surface area contributed by atoms with Gasteiger partial charge in [0.15, 0.2) is 11.5 Å². The van der Waals surface area contributed by atoms with E-state index in [9.17, 15) is 14.7 Å². The lowest BCUT2D eigenvalue weighted by molar-refractivity contribution is -0.121. The maximum Gasteiger partial charge on any atom is 0.293 e. The summed E-state index contributed by atoms with van der Waals surface area (Å²) in [5.74, 6) is -0.0509. The molecule has 1 saturated heterocycles. The van der Waals surface area contributed by atoms with Crippen molar-refractivity contribution in [3.8, 4) is 11.5 Å². The lowest BCUT2D eigenvalue weighted by Crippen LogP contribution is -2.22. The van der Waals surface area contributed by atoms with Gasteiger partial charge in [0, 0.05) is 29.0 Å². The Labute approximate surface area is 167 Å². The molecule has 8 nitrogen and oxygen atoms in total. The van der Waals surface area contributed by atoms with E-state index in [4.69, 9.17) is 10.5 Å². The van der Waals surface area contributed by atoms with Crippen molar-refractivity contribution in [1.82, 2.24) is 14.9 Å². The zero-order valence-corrected chi connectivity index (χ0v) is 16.8. The van der Waals surface area contributed by atoms with E-state index in [1.807, 2.05) is 0 Å². The summed E-state index contributed by atoms with van der Waals surface area (Å²) < 4.78 is 6.24. The fourth-order valence-corrected chi connectivity index (χ4v) is 3.54. The highest BCUT2D eigenvalue weighted by molar-refractivity contribution is 9.10. The maximum absolute atomic E-state index is 12.1. The van der Waals surface area contributed by atoms with E-state index in [2.05, 4.69) is 25.9 Å². The molecule has 3 rings (SSSR count). The third kappa shape index (κ3) is 4.06. The summed E-state index contributed by atoms with van der Waals surface area (Å²) in [5, 5.41) is 9.81. The number of thioether (sulfide) groups is 1. The van der Waals surface area contributed by atoms with Crippen molar-refractivity contribution in [2.75, 3.05) is 12.8 Å². The molecule has 0 saturated carbocycles. The standard InChI is InChI=1S/C17H15BrN4O4S/c1-8-10(6-20-16(19)21-8)7-26-13-3-9(11(18)5-12(13)23)4-14-15(24)22(2)17(25)27-14/h3-6,23H,7H2,1-2H3,(H2,19,20,21)/b14-4-. The number of carbonyl (C=O) groups is 2. The Morgan fingerprint density at radius 3 is 2.78 bits per heavy atom. The van der Waals surface area contributed by atoms with E-state index in [1.54, 1.807) is 25.3 Å². The number of aromatic hydroxyl groups is 1.